The number of nitrogens with zero attached hydrogens (tertiary/aromatic N) is 1. The highest BCUT2D eigenvalue weighted by molar-refractivity contribution is 6.46. The first-order valence-electron chi connectivity index (χ1n) is 11.2. The van der Waals surface area contributed by atoms with Gasteiger partial charge in [-0.15, -0.1) is 0 Å². The first-order valence-corrected chi connectivity index (χ1v) is 11.2. The molecule has 0 spiro atoms. The van der Waals surface area contributed by atoms with E-state index in [4.69, 9.17) is 9.47 Å². The van der Waals surface area contributed by atoms with Gasteiger partial charge in [0.15, 0.2) is 0 Å². The largest absolute Gasteiger partial charge is 0.495 e. The van der Waals surface area contributed by atoms with Crippen LogP contribution in [0.3, 0.4) is 0 Å². The van der Waals surface area contributed by atoms with Crippen LogP contribution in [0.5, 0.6) is 11.5 Å². The average Bonchev–Trinajstić information content (AvgIpc) is 3.05. The molecule has 0 aromatic heterocycles. The van der Waals surface area contributed by atoms with Gasteiger partial charge in [-0.1, -0.05) is 30.3 Å². The van der Waals surface area contributed by atoms with E-state index in [2.05, 4.69) is 5.32 Å². The fraction of sp³-hybridized carbons (Fsp3) is 0.214. The first kappa shape index (κ1) is 23.1. The number of aryl methyl sites for hydroxylation is 2. The van der Waals surface area contributed by atoms with E-state index in [0.717, 1.165) is 11.1 Å². The Labute approximate surface area is 199 Å². The smallest absolute Gasteiger partial charge is 0.282 e. The third kappa shape index (κ3) is 4.39. The van der Waals surface area contributed by atoms with Gasteiger partial charge >= 0.3 is 0 Å². The third-order valence-electron chi connectivity index (χ3n) is 5.71. The maximum Gasteiger partial charge on any atom is 0.282 e. The summed E-state index contributed by atoms with van der Waals surface area (Å²) < 4.78 is 11.1. The zero-order chi connectivity index (χ0) is 24.4. The highest BCUT2D eigenvalue weighted by Crippen LogP contribution is 2.36. The lowest BCUT2D eigenvalue weighted by Gasteiger charge is -2.17. The Kier molecular flexibility index (Phi) is 6.41. The lowest BCUT2D eigenvalue weighted by molar-refractivity contribution is -0.120. The van der Waals surface area contributed by atoms with Crippen molar-refractivity contribution in [1.29, 1.82) is 0 Å². The Morgan fingerprint density at radius 3 is 2.21 bits per heavy atom. The van der Waals surface area contributed by atoms with Crippen LogP contribution in [-0.4, -0.2) is 25.0 Å². The number of hydrogen-bond donors (Lipinski definition) is 1. The number of amides is 2. The molecule has 0 unspecified atom stereocenters. The van der Waals surface area contributed by atoms with Crippen LogP contribution in [-0.2, 0) is 9.59 Å². The molecule has 1 N–H and O–H groups in total. The standard InChI is InChI=1S/C28H28N2O4/c1-17(2)34-22-14-12-21(13-15-22)30-27(31)25(20-11-10-18(3)19(4)16-20)26(28(30)32)29-23-8-6-7-9-24(23)33-5/h6-17,29H,1-5H3. The molecule has 0 bridgehead atoms. The SMILES string of the molecule is COc1ccccc1NC1=C(c2ccc(C)c(C)c2)C(=O)N(c2ccc(OC(C)C)cc2)C1=O. The predicted molar refractivity (Wildman–Crippen MR) is 134 cm³/mol. The monoisotopic (exact) mass is 456 g/mol. The van der Waals surface area contributed by atoms with Crippen molar-refractivity contribution in [2.75, 3.05) is 17.3 Å². The summed E-state index contributed by atoms with van der Waals surface area (Å²) in [7, 11) is 1.56. The van der Waals surface area contributed by atoms with Crippen molar-refractivity contribution in [2.24, 2.45) is 0 Å². The molecule has 174 valence electrons. The highest BCUT2D eigenvalue weighted by atomic mass is 16.5. The zero-order valence-corrected chi connectivity index (χ0v) is 20.0. The molecular formula is C28H28N2O4. The number of anilines is 2. The van der Waals surface area contributed by atoms with Crippen LogP contribution in [0.4, 0.5) is 11.4 Å². The number of ether oxygens (including phenoxy) is 2. The van der Waals surface area contributed by atoms with E-state index in [1.54, 1.807) is 37.4 Å². The lowest BCUT2D eigenvalue weighted by atomic mass is 9.99. The van der Waals surface area contributed by atoms with E-state index in [0.29, 0.717) is 34.0 Å². The van der Waals surface area contributed by atoms with Crippen molar-refractivity contribution in [3.8, 4) is 11.5 Å². The number of carbonyl (C=O) groups excluding carboxylic acids is 2. The van der Waals surface area contributed by atoms with Crippen LogP contribution < -0.4 is 19.7 Å². The van der Waals surface area contributed by atoms with Crippen LogP contribution >= 0.6 is 0 Å². The number of rotatable bonds is 7. The number of methoxy groups -OCH3 is 1. The van der Waals surface area contributed by atoms with Gasteiger partial charge in [0.25, 0.3) is 11.8 Å². The van der Waals surface area contributed by atoms with E-state index in [-0.39, 0.29) is 17.7 Å². The summed E-state index contributed by atoms with van der Waals surface area (Å²) in [5, 5.41) is 3.18. The summed E-state index contributed by atoms with van der Waals surface area (Å²) in [4.78, 5) is 28.5. The molecule has 1 heterocycles. The first-order chi connectivity index (χ1) is 16.3. The highest BCUT2D eigenvalue weighted by Gasteiger charge is 2.40. The maximum absolute atomic E-state index is 13.7. The summed E-state index contributed by atoms with van der Waals surface area (Å²) in [5.74, 6) is 0.431. The van der Waals surface area contributed by atoms with Gasteiger partial charge in [-0.05, 0) is 80.8 Å². The number of hydrogen-bond acceptors (Lipinski definition) is 5. The van der Waals surface area contributed by atoms with E-state index in [1.165, 1.54) is 4.90 Å². The Hall–Kier alpha value is -4.06. The zero-order valence-electron chi connectivity index (χ0n) is 20.0. The van der Waals surface area contributed by atoms with Gasteiger partial charge in [-0.25, -0.2) is 4.90 Å². The second kappa shape index (κ2) is 9.43. The summed E-state index contributed by atoms with van der Waals surface area (Å²) >= 11 is 0. The van der Waals surface area contributed by atoms with Crippen molar-refractivity contribution >= 4 is 28.8 Å². The van der Waals surface area contributed by atoms with Gasteiger partial charge in [-0.2, -0.15) is 0 Å². The van der Waals surface area contributed by atoms with Crippen molar-refractivity contribution in [2.45, 2.75) is 33.8 Å². The Balaban J connectivity index is 1.79. The normalized spacial score (nSPS) is 13.6. The fourth-order valence-corrected chi connectivity index (χ4v) is 3.87. The minimum Gasteiger partial charge on any atom is -0.495 e. The molecule has 3 aromatic rings. The molecule has 0 atom stereocenters. The second-order valence-electron chi connectivity index (χ2n) is 8.48. The van der Waals surface area contributed by atoms with Crippen LogP contribution in [0.2, 0.25) is 0 Å². The number of nitrogens with one attached hydrogen (secondary N) is 1. The number of imide groups is 1. The van der Waals surface area contributed by atoms with Gasteiger partial charge in [0.1, 0.15) is 17.2 Å². The Bertz CT molecular complexity index is 1280. The maximum atomic E-state index is 13.7. The number of para-hydroxylation sites is 2. The Morgan fingerprint density at radius 2 is 1.56 bits per heavy atom. The van der Waals surface area contributed by atoms with Crippen LogP contribution in [0, 0.1) is 13.8 Å². The molecule has 0 aliphatic carbocycles. The van der Waals surface area contributed by atoms with Gasteiger partial charge in [0.05, 0.1) is 30.2 Å². The van der Waals surface area contributed by atoms with Crippen molar-refractivity contribution in [3.63, 3.8) is 0 Å². The fourth-order valence-electron chi connectivity index (χ4n) is 3.87. The second-order valence-corrected chi connectivity index (χ2v) is 8.48. The van der Waals surface area contributed by atoms with Crippen molar-refractivity contribution in [1.82, 2.24) is 0 Å². The molecule has 3 aromatic carbocycles. The van der Waals surface area contributed by atoms with Crippen molar-refractivity contribution < 1.29 is 19.1 Å². The third-order valence-corrected chi connectivity index (χ3v) is 5.71. The van der Waals surface area contributed by atoms with Crippen LogP contribution in [0.15, 0.2) is 72.4 Å². The lowest BCUT2D eigenvalue weighted by Crippen LogP contribution is -2.32. The summed E-state index contributed by atoms with van der Waals surface area (Å²) in [5.41, 5.74) is 4.44. The molecule has 0 radical (unpaired) electrons. The minimum absolute atomic E-state index is 0.0237. The molecule has 6 heteroatoms. The minimum atomic E-state index is -0.429. The molecule has 2 amide bonds. The summed E-state index contributed by atoms with van der Waals surface area (Å²) in [6, 6.07) is 20.0. The molecular weight excluding hydrogens is 428 g/mol. The number of carbonyl (C=O) groups is 2. The van der Waals surface area contributed by atoms with E-state index in [9.17, 15) is 9.59 Å². The molecule has 1 aliphatic heterocycles. The van der Waals surface area contributed by atoms with E-state index in [1.807, 2.05) is 64.1 Å². The molecule has 1 aliphatic rings. The van der Waals surface area contributed by atoms with E-state index < -0.39 is 5.91 Å². The quantitative estimate of drug-likeness (QED) is 0.476. The summed E-state index contributed by atoms with van der Waals surface area (Å²) in [6.45, 7) is 7.88. The average molecular weight is 457 g/mol. The molecule has 0 saturated carbocycles. The van der Waals surface area contributed by atoms with E-state index >= 15 is 0 Å². The summed E-state index contributed by atoms with van der Waals surface area (Å²) in [6.07, 6.45) is 0.0237. The van der Waals surface area contributed by atoms with Crippen LogP contribution in [0.25, 0.3) is 5.57 Å². The Morgan fingerprint density at radius 1 is 0.853 bits per heavy atom. The molecule has 0 saturated heterocycles. The topological polar surface area (TPSA) is 67.9 Å². The van der Waals surface area contributed by atoms with Crippen LogP contribution in [0.1, 0.15) is 30.5 Å². The van der Waals surface area contributed by atoms with Gasteiger partial charge in [0, 0.05) is 0 Å². The molecule has 6 nitrogen and oxygen atoms in total. The van der Waals surface area contributed by atoms with Gasteiger partial charge < -0.3 is 14.8 Å². The van der Waals surface area contributed by atoms with Gasteiger partial charge in [0.2, 0.25) is 0 Å². The van der Waals surface area contributed by atoms with Gasteiger partial charge in [-0.3, -0.25) is 9.59 Å². The molecule has 34 heavy (non-hydrogen) atoms. The molecule has 4 rings (SSSR count). The predicted octanol–water partition coefficient (Wildman–Crippen LogP) is 5.50. The number of benzene rings is 3. The molecule has 0 fully saturated rings. The van der Waals surface area contributed by atoms with Crippen molar-refractivity contribution in [3.05, 3.63) is 89.1 Å².